The maximum absolute atomic E-state index is 12.5. The summed E-state index contributed by atoms with van der Waals surface area (Å²) in [6, 6.07) is 5.94. The highest BCUT2D eigenvalue weighted by Crippen LogP contribution is 2.24. The predicted octanol–water partition coefficient (Wildman–Crippen LogP) is 3.59. The summed E-state index contributed by atoms with van der Waals surface area (Å²) < 4.78 is 11.6. The first-order chi connectivity index (χ1) is 12.1. The number of rotatable bonds is 5. The summed E-state index contributed by atoms with van der Waals surface area (Å²) >= 11 is 0. The molecule has 142 valence electrons. The Balaban J connectivity index is 2.17. The van der Waals surface area contributed by atoms with Crippen LogP contribution in [-0.2, 0) is 20.7 Å². The number of likely N-dealkylation sites (N-methyl/N-ethyl adjacent to an activating group) is 1. The van der Waals surface area contributed by atoms with Crippen LogP contribution in [0.25, 0.3) is 10.9 Å². The summed E-state index contributed by atoms with van der Waals surface area (Å²) in [6.07, 6.45) is 2.07. The zero-order chi connectivity index (χ0) is 19.5. The molecule has 0 aliphatic carbocycles. The molecule has 0 spiro atoms. The third-order valence-corrected chi connectivity index (χ3v) is 4.05. The number of aromatic nitrogens is 1. The van der Waals surface area contributed by atoms with E-state index in [9.17, 15) is 9.59 Å². The van der Waals surface area contributed by atoms with Gasteiger partial charge >= 0.3 is 12.1 Å². The molecule has 0 radical (unpaired) electrons. The molecule has 1 aromatic heterocycles. The van der Waals surface area contributed by atoms with Crippen molar-refractivity contribution in [1.29, 1.82) is 0 Å². The molecule has 0 N–H and O–H groups in total. The van der Waals surface area contributed by atoms with Gasteiger partial charge < -0.3 is 14.4 Å². The smallest absolute Gasteiger partial charge is 0.421 e. The lowest BCUT2D eigenvalue weighted by Gasteiger charge is -2.16. The van der Waals surface area contributed by atoms with Crippen molar-refractivity contribution in [2.24, 2.45) is 5.41 Å². The number of nitrogens with zero attached hydrogens (tertiary/aromatic N) is 2. The third kappa shape index (κ3) is 4.85. The molecule has 0 fully saturated rings. The fourth-order valence-corrected chi connectivity index (χ4v) is 2.53. The van der Waals surface area contributed by atoms with E-state index in [0.29, 0.717) is 0 Å². The lowest BCUT2D eigenvalue weighted by molar-refractivity contribution is -0.161. The zero-order valence-corrected chi connectivity index (χ0v) is 16.5. The van der Waals surface area contributed by atoms with Crippen LogP contribution in [0.1, 0.15) is 31.9 Å². The molecule has 0 saturated carbocycles. The van der Waals surface area contributed by atoms with Crippen molar-refractivity contribution in [3.05, 3.63) is 35.5 Å². The van der Waals surface area contributed by atoms with Crippen LogP contribution >= 0.6 is 0 Å². The number of hydrogen-bond acceptors (Lipinski definition) is 5. The maximum atomic E-state index is 12.5. The van der Waals surface area contributed by atoms with Crippen molar-refractivity contribution < 1.29 is 19.1 Å². The van der Waals surface area contributed by atoms with Crippen molar-refractivity contribution in [2.75, 3.05) is 27.4 Å². The average molecular weight is 360 g/mol. The number of hydrogen-bond donors (Lipinski definition) is 0. The molecular formula is C20H28N2O4. The molecular weight excluding hydrogens is 332 g/mol. The number of fused-ring (bicyclic) bond motifs is 1. The van der Waals surface area contributed by atoms with Crippen LogP contribution in [0.4, 0.5) is 4.79 Å². The highest BCUT2D eigenvalue weighted by molar-refractivity contribution is 5.92. The predicted molar refractivity (Wildman–Crippen MR) is 101 cm³/mol. The standard InChI is InChI=1S/C20H28N2O4/c1-14-7-8-17-16(11-14)15(9-10-21(5)6)12-22(17)19(24)26-13-25-18(23)20(2,3)4/h7-8,11-12H,9-10,13H2,1-6H3. The second-order valence-corrected chi connectivity index (χ2v) is 7.81. The molecule has 0 aliphatic heterocycles. The fourth-order valence-electron chi connectivity index (χ4n) is 2.53. The van der Waals surface area contributed by atoms with E-state index in [1.165, 1.54) is 4.57 Å². The number of carbonyl (C=O) groups excluding carboxylic acids is 2. The number of ether oxygens (including phenoxy) is 2. The Morgan fingerprint density at radius 3 is 2.46 bits per heavy atom. The van der Waals surface area contributed by atoms with Gasteiger partial charge in [0.25, 0.3) is 0 Å². The molecule has 0 bridgehead atoms. The van der Waals surface area contributed by atoms with Gasteiger partial charge in [-0.2, -0.15) is 0 Å². The van der Waals surface area contributed by atoms with Crippen LogP contribution in [0.5, 0.6) is 0 Å². The maximum Gasteiger partial charge on any atom is 0.421 e. The molecule has 0 aliphatic rings. The largest absolute Gasteiger partial charge is 0.427 e. The number of aryl methyl sites for hydroxylation is 1. The van der Waals surface area contributed by atoms with Crippen LogP contribution in [0.3, 0.4) is 0 Å². The second kappa shape index (κ2) is 7.91. The minimum absolute atomic E-state index is 0.395. The van der Waals surface area contributed by atoms with Gasteiger partial charge in [0.05, 0.1) is 10.9 Å². The Labute approximate surface area is 154 Å². The van der Waals surface area contributed by atoms with Gasteiger partial charge in [-0.1, -0.05) is 11.6 Å². The Bertz CT molecular complexity index is 800. The van der Waals surface area contributed by atoms with E-state index >= 15 is 0 Å². The second-order valence-electron chi connectivity index (χ2n) is 7.81. The Kier molecular flexibility index (Phi) is 6.08. The molecule has 0 unspecified atom stereocenters. The third-order valence-electron chi connectivity index (χ3n) is 4.05. The quantitative estimate of drug-likeness (QED) is 0.602. The van der Waals surface area contributed by atoms with E-state index in [2.05, 4.69) is 11.0 Å². The van der Waals surface area contributed by atoms with Crippen molar-refractivity contribution in [2.45, 2.75) is 34.1 Å². The van der Waals surface area contributed by atoms with Gasteiger partial charge in [0.1, 0.15) is 0 Å². The van der Waals surface area contributed by atoms with Crippen LogP contribution in [0.2, 0.25) is 0 Å². The van der Waals surface area contributed by atoms with Crippen molar-refractivity contribution in [3.8, 4) is 0 Å². The first-order valence-electron chi connectivity index (χ1n) is 8.69. The summed E-state index contributed by atoms with van der Waals surface area (Å²) in [4.78, 5) is 26.3. The number of carbonyl (C=O) groups is 2. The zero-order valence-electron chi connectivity index (χ0n) is 16.5. The fraction of sp³-hybridized carbons (Fsp3) is 0.500. The minimum Gasteiger partial charge on any atom is -0.427 e. The van der Waals surface area contributed by atoms with Crippen molar-refractivity contribution in [3.63, 3.8) is 0 Å². The van der Waals surface area contributed by atoms with Gasteiger partial charge in [0.15, 0.2) is 0 Å². The van der Waals surface area contributed by atoms with Crippen LogP contribution in [-0.4, -0.2) is 49.0 Å². The molecule has 0 saturated heterocycles. The Morgan fingerprint density at radius 1 is 1.15 bits per heavy atom. The lowest BCUT2D eigenvalue weighted by Crippen LogP contribution is -2.25. The molecule has 26 heavy (non-hydrogen) atoms. The topological polar surface area (TPSA) is 60.8 Å². The van der Waals surface area contributed by atoms with Crippen molar-refractivity contribution in [1.82, 2.24) is 9.47 Å². The van der Waals surface area contributed by atoms with Gasteiger partial charge in [-0.3, -0.25) is 9.36 Å². The molecule has 0 amide bonds. The lowest BCUT2D eigenvalue weighted by atomic mass is 9.98. The van der Waals surface area contributed by atoms with Crippen LogP contribution in [0, 0.1) is 12.3 Å². The molecule has 0 atom stereocenters. The average Bonchev–Trinajstić information content (AvgIpc) is 2.89. The molecule has 6 heteroatoms. The summed E-state index contributed by atoms with van der Waals surface area (Å²) in [5, 5.41) is 1.04. The van der Waals surface area contributed by atoms with Gasteiger partial charge in [0, 0.05) is 18.1 Å². The highest BCUT2D eigenvalue weighted by Gasteiger charge is 2.23. The minimum atomic E-state index is -0.635. The first-order valence-corrected chi connectivity index (χ1v) is 8.69. The van der Waals surface area contributed by atoms with E-state index in [0.717, 1.165) is 35.0 Å². The Morgan fingerprint density at radius 2 is 1.85 bits per heavy atom. The summed E-state index contributed by atoms with van der Waals surface area (Å²) in [5.41, 5.74) is 2.37. The Hall–Kier alpha value is -2.34. The summed E-state index contributed by atoms with van der Waals surface area (Å²) in [6.45, 7) is 7.75. The van der Waals surface area contributed by atoms with E-state index in [1.807, 2.05) is 39.3 Å². The summed E-state index contributed by atoms with van der Waals surface area (Å²) in [5.74, 6) is -0.412. The SMILES string of the molecule is Cc1ccc2c(c1)c(CCN(C)C)cn2C(=O)OCOC(=O)C(C)(C)C. The number of esters is 1. The molecule has 6 nitrogen and oxygen atoms in total. The molecule has 2 rings (SSSR count). The molecule has 2 aromatic rings. The van der Waals surface area contributed by atoms with Gasteiger partial charge in [-0.25, -0.2) is 4.79 Å². The highest BCUT2D eigenvalue weighted by atomic mass is 16.7. The van der Waals surface area contributed by atoms with E-state index in [4.69, 9.17) is 9.47 Å². The van der Waals surface area contributed by atoms with Gasteiger partial charge in [-0.15, -0.1) is 0 Å². The van der Waals surface area contributed by atoms with Gasteiger partial charge in [-0.05, 0) is 65.9 Å². The number of benzene rings is 1. The van der Waals surface area contributed by atoms with Gasteiger partial charge in [0.2, 0.25) is 6.79 Å². The van der Waals surface area contributed by atoms with Crippen LogP contribution < -0.4 is 0 Å². The summed E-state index contributed by atoms with van der Waals surface area (Å²) in [7, 11) is 4.03. The molecule has 1 heterocycles. The van der Waals surface area contributed by atoms with E-state index in [1.54, 1.807) is 20.8 Å². The molecule has 1 aromatic carbocycles. The van der Waals surface area contributed by atoms with Crippen molar-refractivity contribution >= 4 is 23.0 Å². The van der Waals surface area contributed by atoms with E-state index in [-0.39, 0.29) is 0 Å². The first kappa shape index (κ1) is 20.0. The monoisotopic (exact) mass is 360 g/mol. The van der Waals surface area contributed by atoms with Crippen LogP contribution in [0.15, 0.2) is 24.4 Å². The van der Waals surface area contributed by atoms with E-state index < -0.39 is 24.3 Å². The normalized spacial score (nSPS) is 11.8.